The summed E-state index contributed by atoms with van der Waals surface area (Å²) in [7, 11) is 2.08. The molecule has 5 nitrogen and oxygen atoms in total. The van der Waals surface area contributed by atoms with Crippen LogP contribution in [0.15, 0.2) is 0 Å². The number of amides is 2. The molecule has 0 radical (unpaired) electrons. The van der Waals surface area contributed by atoms with Gasteiger partial charge in [0.05, 0.1) is 12.6 Å². The maximum absolute atomic E-state index is 11.5. The van der Waals surface area contributed by atoms with Gasteiger partial charge in [-0.3, -0.25) is 0 Å². The second kappa shape index (κ2) is 7.50. The summed E-state index contributed by atoms with van der Waals surface area (Å²) in [6.07, 6.45) is 2.04. The van der Waals surface area contributed by atoms with E-state index >= 15 is 0 Å². The molecule has 0 aliphatic carbocycles. The molecule has 1 rings (SSSR count). The summed E-state index contributed by atoms with van der Waals surface area (Å²) in [6, 6.07) is 0.656. The molecule has 0 aromatic heterocycles. The van der Waals surface area contributed by atoms with E-state index in [-0.39, 0.29) is 12.1 Å². The number of carbonyl (C=O) groups is 1. The molecule has 1 aliphatic rings. The highest BCUT2D eigenvalue weighted by atomic mass is 16.5. The summed E-state index contributed by atoms with van der Waals surface area (Å²) in [5, 5.41) is 5.77. The first-order chi connectivity index (χ1) is 8.13. The molecule has 0 bridgehead atoms. The summed E-state index contributed by atoms with van der Waals surface area (Å²) >= 11 is 0. The summed E-state index contributed by atoms with van der Waals surface area (Å²) in [5.74, 6) is 0. The largest absolute Gasteiger partial charge is 0.379 e. The van der Waals surface area contributed by atoms with Gasteiger partial charge in [-0.2, -0.15) is 0 Å². The van der Waals surface area contributed by atoms with Crippen molar-refractivity contribution >= 4 is 6.03 Å². The maximum Gasteiger partial charge on any atom is 0.315 e. The lowest BCUT2D eigenvalue weighted by Gasteiger charge is -2.23. The van der Waals surface area contributed by atoms with Crippen LogP contribution in [0.25, 0.3) is 0 Å². The minimum atomic E-state index is -0.0851. The van der Waals surface area contributed by atoms with Crippen molar-refractivity contribution in [2.45, 2.75) is 38.8 Å². The van der Waals surface area contributed by atoms with Crippen molar-refractivity contribution in [1.29, 1.82) is 0 Å². The zero-order valence-corrected chi connectivity index (χ0v) is 11.2. The topological polar surface area (TPSA) is 53.6 Å². The van der Waals surface area contributed by atoms with Crippen molar-refractivity contribution in [1.82, 2.24) is 15.5 Å². The molecule has 1 heterocycles. The van der Waals surface area contributed by atoms with E-state index in [1.807, 2.05) is 0 Å². The molecule has 0 aromatic rings. The van der Waals surface area contributed by atoms with E-state index in [1.54, 1.807) is 0 Å². The van der Waals surface area contributed by atoms with E-state index in [1.165, 1.54) is 0 Å². The van der Waals surface area contributed by atoms with Gasteiger partial charge in [0, 0.05) is 25.7 Å². The first-order valence-electron chi connectivity index (χ1n) is 6.45. The minimum Gasteiger partial charge on any atom is -0.379 e. The fourth-order valence-corrected chi connectivity index (χ4v) is 1.76. The first-order valence-corrected chi connectivity index (χ1v) is 6.45. The van der Waals surface area contributed by atoms with Gasteiger partial charge in [0.15, 0.2) is 0 Å². The lowest BCUT2D eigenvalue weighted by Crippen LogP contribution is -2.45. The van der Waals surface area contributed by atoms with Crippen molar-refractivity contribution in [2.24, 2.45) is 0 Å². The average molecular weight is 243 g/mol. The molecule has 17 heavy (non-hydrogen) atoms. The number of urea groups is 1. The van der Waals surface area contributed by atoms with Crippen LogP contribution in [0.3, 0.4) is 0 Å². The molecule has 2 unspecified atom stereocenters. The molecule has 2 amide bonds. The Morgan fingerprint density at radius 1 is 1.59 bits per heavy atom. The number of carbonyl (C=O) groups excluding carboxylic acids is 1. The SMILES string of the molecule is CCC(C)N(C)CCNC(=O)NC1CCOC1. The fraction of sp³-hybridized carbons (Fsp3) is 0.917. The molecule has 1 aliphatic heterocycles. The molecule has 5 heteroatoms. The Kier molecular flexibility index (Phi) is 6.29. The Hall–Kier alpha value is -0.810. The van der Waals surface area contributed by atoms with Crippen LogP contribution in [0, 0.1) is 0 Å². The monoisotopic (exact) mass is 243 g/mol. The lowest BCUT2D eigenvalue weighted by molar-refractivity contribution is 0.188. The molecular formula is C12H25N3O2. The third-order valence-corrected chi connectivity index (χ3v) is 3.36. The molecule has 100 valence electrons. The van der Waals surface area contributed by atoms with Crippen LogP contribution >= 0.6 is 0 Å². The summed E-state index contributed by atoms with van der Waals surface area (Å²) in [6.45, 7) is 7.31. The van der Waals surface area contributed by atoms with Gasteiger partial charge in [0.25, 0.3) is 0 Å². The highest BCUT2D eigenvalue weighted by Crippen LogP contribution is 2.02. The fourth-order valence-electron chi connectivity index (χ4n) is 1.76. The Balaban J connectivity index is 2.07. The van der Waals surface area contributed by atoms with E-state index in [0.29, 0.717) is 19.2 Å². The molecular weight excluding hydrogens is 218 g/mol. The van der Waals surface area contributed by atoms with Crippen molar-refractivity contribution in [3.63, 3.8) is 0 Å². The van der Waals surface area contributed by atoms with Gasteiger partial charge in [-0.1, -0.05) is 6.92 Å². The number of likely N-dealkylation sites (N-methyl/N-ethyl adjacent to an activating group) is 1. The van der Waals surface area contributed by atoms with Gasteiger partial charge in [0.1, 0.15) is 0 Å². The van der Waals surface area contributed by atoms with Crippen LogP contribution in [0.4, 0.5) is 4.79 Å². The summed E-state index contributed by atoms with van der Waals surface area (Å²) in [5.41, 5.74) is 0. The van der Waals surface area contributed by atoms with Crippen molar-refractivity contribution in [3.8, 4) is 0 Å². The van der Waals surface area contributed by atoms with Crippen molar-refractivity contribution in [3.05, 3.63) is 0 Å². The average Bonchev–Trinajstić information content (AvgIpc) is 2.80. The number of nitrogens with one attached hydrogen (secondary N) is 2. The molecule has 2 atom stereocenters. The van der Waals surface area contributed by atoms with Gasteiger partial charge in [-0.15, -0.1) is 0 Å². The first kappa shape index (κ1) is 14.3. The van der Waals surface area contributed by atoms with E-state index < -0.39 is 0 Å². The van der Waals surface area contributed by atoms with Crippen LogP contribution in [0.2, 0.25) is 0 Å². The van der Waals surface area contributed by atoms with Crippen molar-refractivity contribution in [2.75, 3.05) is 33.4 Å². The van der Waals surface area contributed by atoms with Gasteiger partial charge in [-0.25, -0.2) is 4.79 Å². The third-order valence-electron chi connectivity index (χ3n) is 3.36. The van der Waals surface area contributed by atoms with Gasteiger partial charge in [0.2, 0.25) is 0 Å². The number of nitrogens with zero attached hydrogens (tertiary/aromatic N) is 1. The third kappa shape index (κ3) is 5.37. The zero-order chi connectivity index (χ0) is 12.7. The number of hydrogen-bond acceptors (Lipinski definition) is 3. The lowest BCUT2D eigenvalue weighted by atomic mass is 10.2. The molecule has 0 saturated carbocycles. The van der Waals surface area contributed by atoms with Gasteiger partial charge < -0.3 is 20.3 Å². The maximum atomic E-state index is 11.5. The predicted molar refractivity (Wildman–Crippen MR) is 68.1 cm³/mol. The van der Waals surface area contributed by atoms with Gasteiger partial charge >= 0.3 is 6.03 Å². The smallest absolute Gasteiger partial charge is 0.315 e. The standard InChI is InChI=1S/C12H25N3O2/c1-4-10(2)15(3)7-6-13-12(16)14-11-5-8-17-9-11/h10-11H,4-9H2,1-3H3,(H2,13,14,16). The van der Waals surface area contributed by atoms with E-state index in [2.05, 4.69) is 36.4 Å². The predicted octanol–water partition coefficient (Wildman–Crippen LogP) is 0.805. The van der Waals surface area contributed by atoms with Crippen LogP contribution in [0.5, 0.6) is 0 Å². The Morgan fingerprint density at radius 2 is 2.35 bits per heavy atom. The van der Waals surface area contributed by atoms with E-state index in [4.69, 9.17) is 4.74 Å². The normalized spacial score (nSPS) is 21.5. The van der Waals surface area contributed by atoms with Crippen LogP contribution in [-0.4, -0.2) is 56.4 Å². The molecule has 0 aromatic carbocycles. The second-order valence-electron chi connectivity index (χ2n) is 4.70. The van der Waals surface area contributed by atoms with Crippen molar-refractivity contribution < 1.29 is 9.53 Å². The van der Waals surface area contributed by atoms with Crippen LogP contribution in [0.1, 0.15) is 26.7 Å². The highest BCUT2D eigenvalue weighted by Gasteiger charge is 2.17. The Labute approximate surface area is 104 Å². The van der Waals surface area contributed by atoms with E-state index in [0.717, 1.165) is 26.0 Å². The quantitative estimate of drug-likeness (QED) is 0.725. The number of ether oxygens (including phenoxy) is 1. The van der Waals surface area contributed by atoms with E-state index in [9.17, 15) is 4.79 Å². The highest BCUT2D eigenvalue weighted by molar-refractivity contribution is 5.74. The van der Waals surface area contributed by atoms with Crippen LogP contribution < -0.4 is 10.6 Å². The molecule has 0 spiro atoms. The number of rotatable bonds is 6. The molecule has 1 saturated heterocycles. The van der Waals surface area contributed by atoms with Gasteiger partial charge in [-0.05, 0) is 26.8 Å². The second-order valence-corrected chi connectivity index (χ2v) is 4.70. The summed E-state index contributed by atoms with van der Waals surface area (Å²) < 4.78 is 5.20. The summed E-state index contributed by atoms with van der Waals surface area (Å²) in [4.78, 5) is 13.8. The zero-order valence-electron chi connectivity index (χ0n) is 11.2. The Bertz CT molecular complexity index is 230. The van der Waals surface area contributed by atoms with Crippen LogP contribution in [-0.2, 0) is 4.74 Å². The number of hydrogen-bond donors (Lipinski definition) is 2. The molecule has 1 fully saturated rings. The molecule has 2 N–H and O–H groups in total. The minimum absolute atomic E-state index is 0.0851. The Morgan fingerprint density at radius 3 is 2.94 bits per heavy atom.